The van der Waals surface area contributed by atoms with E-state index in [1.54, 1.807) is 30.5 Å². The predicted octanol–water partition coefficient (Wildman–Crippen LogP) is 3.77. The van der Waals surface area contributed by atoms with Gasteiger partial charge in [-0.3, -0.25) is 9.59 Å². The Morgan fingerprint density at radius 2 is 1.83 bits per heavy atom. The molecule has 0 aromatic heterocycles. The minimum Gasteiger partial charge on any atom is -0.493 e. The van der Waals surface area contributed by atoms with Crippen LogP contribution in [-0.4, -0.2) is 31.2 Å². The Balaban J connectivity index is 1.63. The van der Waals surface area contributed by atoms with E-state index in [0.29, 0.717) is 22.9 Å². The average Bonchev–Trinajstić information content (AvgIpc) is 2.74. The van der Waals surface area contributed by atoms with Crippen molar-refractivity contribution in [3.8, 4) is 5.75 Å². The molecule has 3 aromatic rings. The topological polar surface area (TPSA) is 79.8 Å². The van der Waals surface area contributed by atoms with Crippen LogP contribution >= 0.6 is 11.6 Å². The molecule has 3 rings (SSSR count). The van der Waals surface area contributed by atoms with Crippen LogP contribution in [0.2, 0.25) is 5.02 Å². The second-order valence-corrected chi connectivity index (χ2v) is 6.55. The van der Waals surface area contributed by atoms with Gasteiger partial charge in [-0.2, -0.15) is 5.10 Å². The van der Waals surface area contributed by atoms with E-state index in [-0.39, 0.29) is 12.5 Å². The molecule has 0 heterocycles. The molecule has 0 aliphatic heterocycles. The Bertz CT molecular complexity index is 1050. The lowest BCUT2D eigenvalue weighted by Crippen LogP contribution is -2.34. The molecule has 0 saturated carbocycles. The SMILES string of the molecule is CCOc1ccc2ccccc2c1/C=N/NC(=O)CNC(=O)c1ccc(Cl)cc1. The highest BCUT2D eigenvalue weighted by molar-refractivity contribution is 6.30. The average molecular weight is 410 g/mol. The van der Waals surface area contributed by atoms with Crippen molar-refractivity contribution in [2.24, 2.45) is 5.10 Å². The van der Waals surface area contributed by atoms with Gasteiger partial charge in [0.2, 0.25) is 0 Å². The molecule has 2 N–H and O–H groups in total. The molecule has 148 valence electrons. The number of rotatable bonds is 7. The first-order chi connectivity index (χ1) is 14.1. The van der Waals surface area contributed by atoms with Crippen LogP contribution in [0.15, 0.2) is 65.8 Å². The van der Waals surface area contributed by atoms with E-state index in [1.807, 2.05) is 43.3 Å². The van der Waals surface area contributed by atoms with Gasteiger partial charge < -0.3 is 10.1 Å². The molecular formula is C22H20ClN3O3. The van der Waals surface area contributed by atoms with Crippen LogP contribution in [0.1, 0.15) is 22.8 Å². The van der Waals surface area contributed by atoms with Gasteiger partial charge in [-0.05, 0) is 48.0 Å². The van der Waals surface area contributed by atoms with Crippen molar-refractivity contribution >= 4 is 40.4 Å². The van der Waals surface area contributed by atoms with Gasteiger partial charge in [0.15, 0.2) is 0 Å². The summed E-state index contributed by atoms with van der Waals surface area (Å²) in [5.41, 5.74) is 3.61. The fourth-order valence-electron chi connectivity index (χ4n) is 2.76. The number of amides is 2. The van der Waals surface area contributed by atoms with E-state index in [2.05, 4.69) is 15.8 Å². The minimum absolute atomic E-state index is 0.202. The molecule has 0 saturated heterocycles. The van der Waals surface area contributed by atoms with Crippen molar-refractivity contribution in [1.29, 1.82) is 0 Å². The first kappa shape index (κ1) is 20.4. The smallest absolute Gasteiger partial charge is 0.259 e. The summed E-state index contributed by atoms with van der Waals surface area (Å²) in [6.07, 6.45) is 1.55. The van der Waals surface area contributed by atoms with Crippen LogP contribution in [0.5, 0.6) is 5.75 Å². The van der Waals surface area contributed by atoms with Crippen LogP contribution in [-0.2, 0) is 4.79 Å². The molecule has 7 heteroatoms. The molecule has 0 fully saturated rings. The highest BCUT2D eigenvalue weighted by atomic mass is 35.5. The summed E-state index contributed by atoms with van der Waals surface area (Å²) in [7, 11) is 0. The van der Waals surface area contributed by atoms with Crippen molar-refractivity contribution in [2.45, 2.75) is 6.92 Å². The summed E-state index contributed by atoms with van der Waals surface area (Å²) in [4.78, 5) is 24.0. The maximum Gasteiger partial charge on any atom is 0.259 e. The van der Waals surface area contributed by atoms with E-state index in [9.17, 15) is 9.59 Å². The fourth-order valence-corrected chi connectivity index (χ4v) is 2.89. The minimum atomic E-state index is -0.443. The molecule has 0 unspecified atom stereocenters. The normalized spacial score (nSPS) is 10.8. The van der Waals surface area contributed by atoms with Gasteiger partial charge in [0.05, 0.1) is 19.4 Å². The number of carbonyl (C=O) groups excluding carboxylic acids is 2. The lowest BCUT2D eigenvalue weighted by molar-refractivity contribution is -0.120. The van der Waals surface area contributed by atoms with Crippen LogP contribution in [0.3, 0.4) is 0 Å². The molecule has 0 aliphatic rings. The third-order valence-corrected chi connectivity index (χ3v) is 4.38. The van der Waals surface area contributed by atoms with Crippen molar-refractivity contribution in [2.75, 3.05) is 13.2 Å². The summed E-state index contributed by atoms with van der Waals surface area (Å²) in [6.45, 7) is 2.22. The zero-order valence-electron chi connectivity index (χ0n) is 15.8. The van der Waals surface area contributed by atoms with Gasteiger partial charge in [0.25, 0.3) is 11.8 Å². The van der Waals surface area contributed by atoms with Gasteiger partial charge >= 0.3 is 0 Å². The number of carbonyl (C=O) groups is 2. The molecule has 29 heavy (non-hydrogen) atoms. The van der Waals surface area contributed by atoms with Gasteiger partial charge in [0.1, 0.15) is 5.75 Å². The Hall–Kier alpha value is -3.38. The second kappa shape index (κ2) is 9.71. The van der Waals surface area contributed by atoms with Gasteiger partial charge in [-0.1, -0.05) is 41.9 Å². The number of hydrazone groups is 1. The van der Waals surface area contributed by atoms with Crippen molar-refractivity contribution in [1.82, 2.24) is 10.7 Å². The fraction of sp³-hybridized carbons (Fsp3) is 0.136. The quantitative estimate of drug-likeness (QED) is 0.460. The largest absolute Gasteiger partial charge is 0.493 e. The van der Waals surface area contributed by atoms with Gasteiger partial charge in [-0.25, -0.2) is 5.43 Å². The number of hydrogen-bond donors (Lipinski definition) is 2. The maximum absolute atomic E-state index is 12.0. The van der Waals surface area contributed by atoms with Crippen LogP contribution in [0.4, 0.5) is 0 Å². The van der Waals surface area contributed by atoms with E-state index in [0.717, 1.165) is 16.3 Å². The number of halogens is 1. The van der Waals surface area contributed by atoms with Crippen LogP contribution < -0.4 is 15.5 Å². The molecular weight excluding hydrogens is 390 g/mol. The second-order valence-electron chi connectivity index (χ2n) is 6.11. The summed E-state index contributed by atoms with van der Waals surface area (Å²) < 4.78 is 5.67. The molecule has 2 amide bonds. The lowest BCUT2D eigenvalue weighted by Gasteiger charge is -2.10. The first-order valence-electron chi connectivity index (χ1n) is 9.08. The van der Waals surface area contributed by atoms with Crippen LogP contribution in [0, 0.1) is 0 Å². The summed E-state index contributed by atoms with van der Waals surface area (Å²) >= 11 is 5.80. The number of ether oxygens (including phenoxy) is 1. The zero-order chi connectivity index (χ0) is 20.6. The molecule has 0 spiro atoms. The Morgan fingerprint density at radius 3 is 2.59 bits per heavy atom. The molecule has 0 bridgehead atoms. The first-order valence-corrected chi connectivity index (χ1v) is 9.46. The van der Waals surface area contributed by atoms with Crippen LogP contribution in [0.25, 0.3) is 10.8 Å². The monoisotopic (exact) mass is 409 g/mol. The van der Waals surface area contributed by atoms with Crippen molar-refractivity contribution in [3.63, 3.8) is 0 Å². The maximum atomic E-state index is 12.0. The third-order valence-electron chi connectivity index (χ3n) is 4.13. The standard InChI is InChI=1S/C22H20ClN3O3/c1-2-29-20-12-9-15-5-3-4-6-18(15)19(20)13-25-26-21(27)14-24-22(28)16-7-10-17(23)11-8-16/h3-13H,2,14H2,1H3,(H,24,28)(H,26,27)/b25-13+. The molecule has 0 radical (unpaired) electrons. The number of benzene rings is 3. The van der Waals surface area contributed by atoms with Crippen molar-refractivity contribution < 1.29 is 14.3 Å². The summed E-state index contributed by atoms with van der Waals surface area (Å²) in [6, 6.07) is 18.1. The van der Waals surface area contributed by atoms with E-state index in [4.69, 9.17) is 16.3 Å². The van der Waals surface area contributed by atoms with E-state index >= 15 is 0 Å². The predicted molar refractivity (Wildman–Crippen MR) is 115 cm³/mol. The Kier molecular flexibility index (Phi) is 6.81. The van der Waals surface area contributed by atoms with Gasteiger partial charge in [0, 0.05) is 16.1 Å². The summed E-state index contributed by atoms with van der Waals surface area (Å²) in [5, 5.41) is 9.10. The Morgan fingerprint density at radius 1 is 1.07 bits per heavy atom. The van der Waals surface area contributed by atoms with Crippen molar-refractivity contribution in [3.05, 3.63) is 76.8 Å². The third kappa shape index (κ3) is 5.33. The number of hydrogen-bond acceptors (Lipinski definition) is 4. The molecule has 0 atom stereocenters. The van der Waals surface area contributed by atoms with E-state index in [1.165, 1.54) is 0 Å². The summed E-state index contributed by atoms with van der Waals surface area (Å²) in [5.74, 6) is -0.129. The number of fused-ring (bicyclic) bond motifs is 1. The Labute approximate surface area is 173 Å². The van der Waals surface area contributed by atoms with Gasteiger partial charge in [-0.15, -0.1) is 0 Å². The molecule has 3 aromatic carbocycles. The molecule has 6 nitrogen and oxygen atoms in total. The highest BCUT2D eigenvalue weighted by Gasteiger charge is 2.09. The highest BCUT2D eigenvalue weighted by Crippen LogP contribution is 2.26. The molecule has 0 aliphatic carbocycles. The number of nitrogens with one attached hydrogen (secondary N) is 2. The lowest BCUT2D eigenvalue weighted by atomic mass is 10.0. The van der Waals surface area contributed by atoms with E-state index < -0.39 is 5.91 Å². The zero-order valence-corrected chi connectivity index (χ0v) is 16.6. The number of nitrogens with zero attached hydrogens (tertiary/aromatic N) is 1.